The lowest BCUT2D eigenvalue weighted by Crippen LogP contribution is -2.48. The number of hydrogen-bond acceptors (Lipinski definition) is 9. The minimum absolute atomic E-state index is 0.00614. The lowest BCUT2D eigenvalue weighted by Gasteiger charge is -2.33. The topological polar surface area (TPSA) is 169 Å². The highest BCUT2D eigenvalue weighted by Gasteiger charge is 2.24. The number of anilines is 2. The van der Waals surface area contributed by atoms with Crippen LogP contribution in [-0.2, 0) is 11.2 Å². The van der Waals surface area contributed by atoms with Crippen LogP contribution in [0.25, 0.3) is 0 Å². The summed E-state index contributed by atoms with van der Waals surface area (Å²) >= 11 is 5.88. The summed E-state index contributed by atoms with van der Waals surface area (Å²) in [7, 11) is 0. The lowest BCUT2D eigenvalue weighted by atomic mass is 10.0. The molecule has 2 heterocycles. The fraction of sp³-hybridized carbons (Fsp3) is 0.478. The molecule has 3 rings (SSSR count). The summed E-state index contributed by atoms with van der Waals surface area (Å²) in [4.78, 5) is 34.3. The second-order valence-corrected chi connectivity index (χ2v) is 8.71. The van der Waals surface area contributed by atoms with E-state index in [4.69, 9.17) is 32.9 Å². The van der Waals surface area contributed by atoms with Crippen LogP contribution >= 0.6 is 11.6 Å². The van der Waals surface area contributed by atoms with Crippen LogP contribution in [0.4, 0.5) is 11.6 Å². The summed E-state index contributed by atoms with van der Waals surface area (Å²) in [6.07, 6.45) is 3.72. The number of aliphatic hydroxyl groups excluding tert-OH is 1. The highest BCUT2D eigenvalue weighted by atomic mass is 35.5. The maximum atomic E-state index is 12.6. The third-order valence-corrected chi connectivity index (χ3v) is 5.91. The van der Waals surface area contributed by atoms with Crippen molar-refractivity contribution in [3.8, 4) is 5.75 Å². The molecule has 0 radical (unpaired) electrons. The minimum atomic E-state index is -0.406. The van der Waals surface area contributed by atoms with Gasteiger partial charge in [0, 0.05) is 19.1 Å². The number of ether oxygens (including phenoxy) is 1. The number of aryl methyl sites for hydroxylation is 1. The van der Waals surface area contributed by atoms with Crippen molar-refractivity contribution in [2.45, 2.75) is 31.7 Å². The van der Waals surface area contributed by atoms with Crippen molar-refractivity contribution in [2.75, 3.05) is 50.9 Å². The van der Waals surface area contributed by atoms with Gasteiger partial charge in [0.15, 0.2) is 29.1 Å². The Morgan fingerprint density at radius 3 is 2.71 bits per heavy atom. The molecule has 0 spiro atoms. The number of halogens is 1. The van der Waals surface area contributed by atoms with Gasteiger partial charge in [0.25, 0.3) is 11.8 Å². The number of nitrogens with zero attached hydrogens (tertiary/aromatic N) is 3. The fourth-order valence-corrected chi connectivity index (χ4v) is 4.02. The van der Waals surface area contributed by atoms with Crippen molar-refractivity contribution in [2.24, 2.45) is 0 Å². The van der Waals surface area contributed by atoms with E-state index in [9.17, 15) is 9.59 Å². The summed E-state index contributed by atoms with van der Waals surface area (Å²) in [5, 5.41) is 14.2. The van der Waals surface area contributed by atoms with E-state index in [0.717, 1.165) is 45.3 Å². The first-order valence-electron chi connectivity index (χ1n) is 11.6. The van der Waals surface area contributed by atoms with E-state index in [2.05, 4.69) is 25.5 Å². The molecule has 1 aromatic carbocycles. The van der Waals surface area contributed by atoms with Crippen molar-refractivity contribution in [1.82, 2.24) is 25.5 Å². The van der Waals surface area contributed by atoms with Crippen molar-refractivity contribution in [3.05, 3.63) is 40.7 Å². The van der Waals surface area contributed by atoms with E-state index < -0.39 is 5.91 Å². The standard InChI is InChI=1S/C23H32ClN7O4/c24-20-22(26)30-21(25)19(29-20)23(34)28-16-4-2-11-31(13-16)10-1-3-15-5-7-17(8-6-15)35-14-18(33)27-9-12-32/h5-8,16,32H,1-4,9-14H2,(H,27,33)(H,28,34)(H4,25,26,30). The molecule has 190 valence electrons. The third kappa shape index (κ3) is 8.23. The normalized spacial score (nSPS) is 16.0. The van der Waals surface area contributed by atoms with E-state index in [-0.39, 0.29) is 54.2 Å². The smallest absolute Gasteiger partial charge is 0.274 e. The zero-order valence-corrected chi connectivity index (χ0v) is 20.3. The Morgan fingerprint density at radius 2 is 1.97 bits per heavy atom. The zero-order chi connectivity index (χ0) is 25.2. The monoisotopic (exact) mass is 505 g/mol. The number of carbonyl (C=O) groups excluding carboxylic acids is 2. The molecule has 1 aromatic heterocycles. The fourth-order valence-electron chi connectivity index (χ4n) is 3.89. The average molecular weight is 506 g/mol. The molecule has 11 nitrogen and oxygen atoms in total. The van der Waals surface area contributed by atoms with Crippen LogP contribution in [0.5, 0.6) is 5.75 Å². The number of rotatable bonds is 11. The molecule has 1 aliphatic rings. The molecule has 0 saturated carbocycles. The first-order chi connectivity index (χ1) is 16.9. The lowest BCUT2D eigenvalue weighted by molar-refractivity contribution is -0.123. The first kappa shape index (κ1) is 26.5. The molecule has 1 aliphatic heterocycles. The molecule has 2 aromatic rings. The Morgan fingerprint density at radius 1 is 1.20 bits per heavy atom. The van der Waals surface area contributed by atoms with E-state index >= 15 is 0 Å². The molecule has 0 bridgehead atoms. The highest BCUT2D eigenvalue weighted by Crippen LogP contribution is 2.19. The number of carbonyl (C=O) groups is 2. The van der Waals surface area contributed by atoms with Crippen molar-refractivity contribution in [3.63, 3.8) is 0 Å². The number of amides is 2. The van der Waals surface area contributed by atoms with Crippen molar-refractivity contribution in [1.29, 1.82) is 0 Å². The Hall–Kier alpha value is -3.15. The predicted molar refractivity (Wildman–Crippen MR) is 133 cm³/mol. The van der Waals surface area contributed by atoms with Gasteiger partial charge in [-0.25, -0.2) is 9.97 Å². The van der Waals surface area contributed by atoms with Crippen LogP contribution in [0.15, 0.2) is 24.3 Å². The van der Waals surface area contributed by atoms with Gasteiger partial charge in [-0.1, -0.05) is 23.7 Å². The van der Waals surface area contributed by atoms with Gasteiger partial charge >= 0.3 is 0 Å². The Balaban J connectivity index is 1.40. The molecular weight excluding hydrogens is 474 g/mol. The molecule has 1 fully saturated rings. The van der Waals surface area contributed by atoms with Crippen LogP contribution in [0.2, 0.25) is 5.15 Å². The largest absolute Gasteiger partial charge is 0.484 e. The van der Waals surface area contributed by atoms with Gasteiger partial charge in [-0.2, -0.15) is 0 Å². The SMILES string of the molecule is Nc1nc(N)c(C(=O)NC2CCCN(CCCc3ccc(OCC(=O)NCCO)cc3)C2)nc1Cl. The quantitative estimate of drug-likeness (QED) is 0.293. The van der Waals surface area contributed by atoms with Gasteiger partial charge in [0.2, 0.25) is 0 Å². The van der Waals surface area contributed by atoms with Crippen molar-refractivity contribution < 1.29 is 19.4 Å². The number of nitrogens with one attached hydrogen (secondary N) is 2. The first-order valence-corrected chi connectivity index (χ1v) is 11.9. The highest BCUT2D eigenvalue weighted by molar-refractivity contribution is 6.31. The van der Waals surface area contributed by atoms with Crippen LogP contribution in [0, 0.1) is 0 Å². The van der Waals surface area contributed by atoms with Gasteiger partial charge in [-0.15, -0.1) is 0 Å². The van der Waals surface area contributed by atoms with E-state index in [1.165, 1.54) is 5.56 Å². The minimum Gasteiger partial charge on any atom is -0.484 e. The average Bonchev–Trinajstić information content (AvgIpc) is 2.84. The van der Waals surface area contributed by atoms with Crippen molar-refractivity contribution >= 4 is 35.1 Å². The maximum absolute atomic E-state index is 12.6. The summed E-state index contributed by atoms with van der Waals surface area (Å²) in [6, 6.07) is 7.66. The van der Waals surface area contributed by atoms with E-state index in [1.54, 1.807) is 0 Å². The number of aromatic nitrogens is 2. The number of piperidine rings is 1. The predicted octanol–water partition coefficient (Wildman–Crippen LogP) is 0.609. The Bertz CT molecular complexity index is 1010. The van der Waals surface area contributed by atoms with Crippen LogP contribution in [0.3, 0.4) is 0 Å². The molecule has 35 heavy (non-hydrogen) atoms. The van der Waals surface area contributed by atoms with Gasteiger partial charge in [-0.3, -0.25) is 9.59 Å². The number of aliphatic hydroxyl groups is 1. The van der Waals surface area contributed by atoms with Crippen LogP contribution < -0.4 is 26.8 Å². The molecule has 12 heteroatoms. The zero-order valence-electron chi connectivity index (χ0n) is 19.5. The summed E-state index contributed by atoms with van der Waals surface area (Å²) in [6.45, 7) is 2.66. The number of nitrogen functional groups attached to an aromatic ring is 2. The third-order valence-electron chi connectivity index (χ3n) is 5.63. The molecule has 7 N–H and O–H groups in total. The number of hydrogen-bond donors (Lipinski definition) is 5. The van der Waals surface area contributed by atoms with Gasteiger partial charge in [0.05, 0.1) is 6.61 Å². The molecular formula is C23H32ClN7O4. The molecule has 0 aliphatic carbocycles. The molecule has 2 amide bonds. The van der Waals surface area contributed by atoms with Crippen LogP contribution in [0.1, 0.15) is 35.3 Å². The summed E-state index contributed by atoms with van der Waals surface area (Å²) in [5.74, 6) is -0.105. The van der Waals surface area contributed by atoms with Gasteiger partial charge in [-0.05, 0) is 56.5 Å². The molecule has 1 unspecified atom stereocenters. The second kappa shape index (κ2) is 13.1. The number of likely N-dealkylation sites (tertiary alicyclic amines) is 1. The number of benzene rings is 1. The molecule has 1 atom stereocenters. The Kier molecular flexibility index (Phi) is 9.88. The van der Waals surface area contributed by atoms with Gasteiger partial charge in [0.1, 0.15) is 5.75 Å². The molecule has 1 saturated heterocycles. The van der Waals surface area contributed by atoms with E-state index in [0.29, 0.717) is 5.75 Å². The summed E-state index contributed by atoms with van der Waals surface area (Å²) < 4.78 is 5.45. The summed E-state index contributed by atoms with van der Waals surface area (Å²) in [5.41, 5.74) is 12.5. The Labute approximate surface area is 209 Å². The second-order valence-electron chi connectivity index (χ2n) is 8.36. The maximum Gasteiger partial charge on any atom is 0.274 e. The number of nitrogens with two attached hydrogens (primary N) is 2. The van der Waals surface area contributed by atoms with Crippen LogP contribution in [-0.4, -0.2) is 77.2 Å². The van der Waals surface area contributed by atoms with Gasteiger partial charge < -0.3 is 36.8 Å². The van der Waals surface area contributed by atoms with E-state index in [1.807, 2.05) is 24.3 Å².